The summed E-state index contributed by atoms with van der Waals surface area (Å²) in [6.45, 7) is 0. The van der Waals surface area contributed by atoms with E-state index in [-0.39, 0.29) is 5.82 Å². The van der Waals surface area contributed by atoms with E-state index in [0.29, 0.717) is 27.7 Å². The third-order valence-electron chi connectivity index (χ3n) is 3.07. The molecule has 2 aromatic carbocycles. The first kappa shape index (κ1) is 14.2. The molecule has 3 aromatic rings. The first-order valence-electron chi connectivity index (χ1n) is 6.19. The van der Waals surface area contributed by atoms with Gasteiger partial charge in [-0.25, -0.2) is 14.4 Å². The average Bonchev–Trinajstić information content (AvgIpc) is 2.45. The molecule has 0 bridgehead atoms. The average molecular weight is 367 g/mol. The number of anilines is 1. The van der Waals surface area contributed by atoms with Crippen molar-refractivity contribution < 1.29 is 4.39 Å². The third kappa shape index (κ3) is 2.71. The van der Waals surface area contributed by atoms with Gasteiger partial charge in [0.05, 0.1) is 10.5 Å². The second kappa shape index (κ2) is 5.58. The van der Waals surface area contributed by atoms with Gasteiger partial charge in [0.1, 0.15) is 11.6 Å². The summed E-state index contributed by atoms with van der Waals surface area (Å²) in [6, 6.07) is 9.89. The van der Waals surface area contributed by atoms with Gasteiger partial charge >= 0.3 is 0 Å². The van der Waals surface area contributed by atoms with Gasteiger partial charge in [-0.2, -0.15) is 0 Å². The van der Waals surface area contributed by atoms with E-state index in [2.05, 4.69) is 31.2 Å². The highest BCUT2D eigenvalue weighted by molar-refractivity contribution is 9.10. The van der Waals surface area contributed by atoms with Crippen LogP contribution in [0, 0.1) is 5.82 Å². The predicted molar refractivity (Wildman–Crippen MR) is 87.2 cm³/mol. The minimum absolute atomic E-state index is 0.337. The molecule has 0 unspecified atom stereocenters. The van der Waals surface area contributed by atoms with Gasteiger partial charge < -0.3 is 5.32 Å². The summed E-state index contributed by atoms with van der Waals surface area (Å²) < 4.78 is 14.3. The number of nitrogens with one attached hydrogen (secondary N) is 1. The Morgan fingerprint density at radius 3 is 2.67 bits per heavy atom. The van der Waals surface area contributed by atoms with Crippen molar-refractivity contribution in [1.29, 1.82) is 0 Å². The van der Waals surface area contributed by atoms with Crippen LogP contribution in [0.5, 0.6) is 0 Å². The number of hydrogen-bond donors (Lipinski definition) is 1. The maximum absolute atomic E-state index is 13.4. The Labute approximate surface area is 134 Å². The topological polar surface area (TPSA) is 37.8 Å². The number of hydrogen-bond acceptors (Lipinski definition) is 3. The number of fused-ring (bicyclic) bond motifs is 1. The first-order chi connectivity index (χ1) is 10.1. The van der Waals surface area contributed by atoms with E-state index < -0.39 is 0 Å². The second-order valence-electron chi connectivity index (χ2n) is 4.43. The van der Waals surface area contributed by atoms with E-state index in [1.165, 1.54) is 12.1 Å². The zero-order valence-corrected chi connectivity index (χ0v) is 13.3. The Balaban J connectivity index is 2.27. The number of aromatic nitrogens is 2. The highest BCUT2D eigenvalue weighted by atomic mass is 79.9. The largest absolute Gasteiger partial charge is 0.373 e. The lowest BCUT2D eigenvalue weighted by Crippen LogP contribution is -1.99. The normalized spacial score (nSPS) is 10.9. The van der Waals surface area contributed by atoms with E-state index in [1.54, 1.807) is 19.2 Å². The van der Waals surface area contributed by atoms with Crippen LogP contribution in [0.3, 0.4) is 0 Å². The predicted octanol–water partition coefficient (Wildman–Crippen LogP) is 4.89. The molecule has 3 nitrogen and oxygen atoms in total. The number of rotatable bonds is 2. The van der Waals surface area contributed by atoms with Crippen molar-refractivity contribution in [3.05, 3.63) is 51.7 Å². The van der Waals surface area contributed by atoms with E-state index in [4.69, 9.17) is 11.6 Å². The Hall–Kier alpha value is -1.72. The van der Waals surface area contributed by atoms with Crippen LogP contribution in [0.1, 0.15) is 0 Å². The van der Waals surface area contributed by atoms with Crippen molar-refractivity contribution in [2.75, 3.05) is 12.4 Å². The monoisotopic (exact) mass is 365 g/mol. The number of halogens is 3. The molecule has 0 aliphatic rings. The molecule has 1 N–H and O–H groups in total. The van der Waals surface area contributed by atoms with Gasteiger partial charge in [-0.05, 0) is 30.3 Å². The zero-order chi connectivity index (χ0) is 15.0. The molecule has 21 heavy (non-hydrogen) atoms. The van der Waals surface area contributed by atoms with Gasteiger partial charge in [0.25, 0.3) is 0 Å². The molecule has 0 fully saturated rings. The molecule has 0 radical (unpaired) electrons. The fourth-order valence-corrected chi connectivity index (χ4v) is 2.84. The van der Waals surface area contributed by atoms with Crippen molar-refractivity contribution in [1.82, 2.24) is 9.97 Å². The lowest BCUT2D eigenvalue weighted by atomic mass is 10.2. The van der Waals surface area contributed by atoms with Gasteiger partial charge in [0.2, 0.25) is 0 Å². The van der Waals surface area contributed by atoms with Crippen molar-refractivity contribution >= 4 is 44.3 Å². The maximum Gasteiger partial charge on any atom is 0.163 e. The van der Waals surface area contributed by atoms with Crippen LogP contribution in [-0.4, -0.2) is 17.0 Å². The van der Waals surface area contributed by atoms with Gasteiger partial charge in [0.15, 0.2) is 5.82 Å². The molecule has 0 amide bonds. The van der Waals surface area contributed by atoms with E-state index in [1.807, 2.05) is 12.1 Å². The first-order valence-corrected chi connectivity index (χ1v) is 7.36. The minimum atomic E-state index is -0.337. The molecule has 0 atom stereocenters. The van der Waals surface area contributed by atoms with Crippen LogP contribution in [0.4, 0.5) is 10.2 Å². The third-order valence-corrected chi connectivity index (χ3v) is 3.87. The lowest BCUT2D eigenvalue weighted by Gasteiger charge is -2.09. The van der Waals surface area contributed by atoms with Crippen LogP contribution in [0.2, 0.25) is 5.02 Å². The molecule has 0 saturated heterocycles. The van der Waals surface area contributed by atoms with Gasteiger partial charge in [-0.1, -0.05) is 27.5 Å². The fraction of sp³-hybridized carbons (Fsp3) is 0.0667. The molecule has 0 spiro atoms. The fourth-order valence-electron chi connectivity index (χ4n) is 2.08. The molecule has 3 rings (SSSR count). The standard InChI is InChI=1S/C15H10BrClFN3/c1-19-14-11-5-3-9(18)7-13(11)20-15(21-14)10-4-2-8(16)6-12(10)17/h2-7H,1H3,(H,19,20,21). The quantitative estimate of drug-likeness (QED) is 0.701. The van der Waals surface area contributed by atoms with Crippen LogP contribution in [0.15, 0.2) is 40.9 Å². The summed E-state index contributed by atoms with van der Waals surface area (Å²) >= 11 is 9.60. The van der Waals surface area contributed by atoms with E-state index >= 15 is 0 Å². The molecular weight excluding hydrogens is 357 g/mol. The van der Waals surface area contributed by atoms with Gasteiger partial charge in [-0.3, -0.25) is 0 Å². The van der Waals surface area contributed by atoms with Crippen molar-refractivity contribution in [3.63, 3.8) is 0 Å². The molecule has 1 heterocycles. The summed E-state index contributed by atoms with van der Waals surface area (Å²) in [5, 5.41) is 4.29. The summed E-state index contributed by atoms with van der Waals surface area (Å²) in [6.07, 6.45) is 0. The number of benzene rings is 2. The highest BCUT2D eigenvalue weighted by Gasteiger charge is 2.12. The Morgan fingerprint density at radius 1 is 1.14 bits per heavy atom. The molecule has 6 heteroatoms. The van der Waals surface area contributed by atoms with Crippen LogP contribution in [0.25, 0.3) is 22.3 Å². The van der Waals surface area contributed by atoms with Crippen molar-refractivity contribution in [3.8, 4) is 11.4 Å². The number of nitrogens with zero attached hydrogens (tertiary/aromatic N) is 2. The Bertz CT molecular complexity index is 839. The molecule has 1 aromatic heterocycles. The summed E-state index contributed by atoms with van der Waals surface area (Å²) in [5.41, 5.74) is 1.23. The molecule has 0 aliphatic heterocycles. The molecular formula is C15H10BrClFN3. The summed E-state index contributed by atoms with van der Waals surface area (Å²) in [7, 11) is 1.76. The molecule has 0 aliphatic carbocycles. The summed E-state index contributed by atoms with van der Waals surface area (Å²) in [4.78, 5) is 8.88. The molecule has 0 saturated carbocycles. The lowest BCUT2D eigenvalue weighted by molar-refractivity contribution is 0.629. The zero-order valence-electron chi connectivity index (χ0n) is 11.0. The Kier molecular flexibility index (Phi) is 3.78. The maximum atomic E-state index is 13.4. The van der Waals surface area contributed by atoms with E-state index in [0.717, 1.165) is 9.86 Å². The van der Waals surface area contributed by atoms with Crippen molar-refractivity contribution in [2.45, 2.75) is 0 Å². The van der Waals surface area contributed by atoms with Gasteiger partial charge in [0, 0.05) is 28.5 Å². The van der Waals surface area contributed by atoms with Crippen molar-refractivity contribution in [2.24, 2.45) is 0 Å². The smallest absolute Gasteiger partial charge is 0.163 e. The SMILES string of the molecule is CNc1nc(-c2ccc(Br)cc2Cl)nc2cc(F)ccc12. The van der Waals surface area contributed by atoms with E-state index in [9.17, 15) is 4.39 Å². The second-order valence-corrected chi connectivity index (χ2v) is 5.75. The van der Waals surface area contributed by atoms with Crippen LogP contribution < -0.4 is 5.32 Å². The summed E-state index contributed by atoms with van der Waals surface area (Å²) in [5.74, 6) is 0.750. The minimum Gasteiger partial charge on any atom is -0.373 e. The Morgan fingerprint density at radius 2 is 1.95 bits per heavy atom. The highest BCUT2D eigenvalue weighted by Crippen LogP contribution is 2.31. The van der Waals surface area contributed by atoms with Crippen LogP contribution in [-0.2, 0) is 0 Å². The van der Waals surface area contributed by atoms with Crippen LogP contribution >= 0.6 is 27.5 Å². The van der Waals surface area contributed by atoms with Gasteiger partial charge in [-0.15, -0.1) is 0 Å². The molecule has 106 valence electrons.